The standard InChI is InChI=1S/C14H18ClN5/c1-9-4-5-11(12(15)7-9)13-17-14(19-18-13)20-6-2-3-10(16)8-20/h4-5,7,10H,2-3,6,8,16H2,1H3,(H,17,18,19). The summed E-state index contributed by atoms with van der Waals surface area (Å²) in [6.07, 6.45) is 2.15. The molecule has 3 N–H and O–H groups in total. The first-order chi connectivity index (χ1) is 9.63. The number of rotatable bonds is 2. The van der Waals surface area contributed by atoms with Crippen molar-refractivity contribution < 1.29 is 0 Å². The van der Waals surface area contributed by atoms with Crippen molar-refractivity contribution in [1.82, 2.24) is 15.2 Å². The summed E-state index contributed by atoms with van der Waals surface area (Å²) in [5.74, 6) is 1.40. The summed E-state index contributed by atoms with van der Waals surface area (Å²) in [5, 5.41) is 7.94. The molecule has 3 rings (SSSR count). The third kappa shape index (κ3) is 2.64. The second-order valence-electron chi connectivity index (χ2n) is 5.32. The Bertz CT molecular complexity index is 609. The average molecular weight is 292 g/mol. The van der Waals surface area contributed by atoms with Crippen molar-refractivity contribution in [2.24, 2.45) is 5.73 Å². The van der Waals surface area contributed by atoms with Crippen LogP contribution in [0.3, 0.4) is 0 Å². The number of halogens is 1. The molecule has 1 atom stereocenters. The highest BCUT2D eigenvalue weighted by Crippen LogP contribution is 2.27. The Morgan fingerprint density at radius 3 is 3.05 bits per heavy atom. The van der Waals surface area contributed by atoms with Crippen molar-refractivity contribution >= 4 is 17.5 Å². The number of piperidine rings is 1. The van der Waals surface area contributed by atoms with Crippen LogP contribution in [0, 0.1) is 6.92 Å². The van der Waals surface area contributed by atoms with Crippen molar-refractivity contribution in [3.8, 4) is 11.4 Å². The minimum absolute atomic E-state index is 0.202. The summed E-state index contributed by atoms with van der Waals surface area (Å²) in [6, 6.07) is 6.11. The third-order valence-electron chi connectivity index (χ3n) is 3.59. The van der Waals surface area contributed by atoms with Gasteiger partial charge < -0.3 is 10.6 Å². The van der Waals surface area contributed by atoms with E-state index >= 15 is 0 Å². The van der Waals surface area contributed by atoms with Crippen LogP contribution in [0.25, 0.3) is 11.4 Å². The fourth-order valence-electron chi connectivity index (χ4n) is 2.52. The number of H-pyrrole nitrogens is 1. The summed E-state index contributed by atoms with van der Waals surface area (Å²) in [7, 11) is 0. The second-order valence-corrected chi connectivity index (χ2v) is 5.72. The summed E-state index contributed by atoms with van der Waals surface area (Å²) >= 11 is 6.26. The highest BCUT2D eigenvalue weighted by Gasteiger charge is 2.20. The van der Waals surface area contributed by atoms with Gasteiger partial charge in [0.2, 0.25) is 5.95 Å². The number of nitrogens with zero attached hydrogens (tertiary/aromatic N) is 3. The van der Waals surface area contributed by atoms with Gasteiger partial charge in [-0.15, -0.1) is 5.10 Å². The van der Waals surface area contributed by atoms with Crippen LogP contribution < -0.4 is 10.6 Å². The topological polar surface area (TPSA) is 70.8 Å². The maximum Gasteiger partial charge on any atom is 0.245 e. The lowest BCUT2D eigenvalue weighted by Crippen LogP contribution is -2.43. The number of nitrogens with two attached hydrogens (primary N) is 1. The number of aromatic nitrogens is 3. The van der Waals surface area contributed by atoms with Crippen LogP contribution in [0.5, 0.6) is 0 Å². The first-order valence-electron chi connectivity index (χ1n) is 6.83. The Kier molecular flexibility index (Phi) is 3.63. The molecule has 5 nitrogen and oxygen atoms in total. The maximum atomic E-state index is 6.26. The third-order valence-corrected chi connectivity index (χ3v) is 3.91. The van der Waals surface area contributed by atoms with Crippen molar-refractivity contribution in [2.75, 3.05) is 18.0 Å². The largest absolute Gasteiger partial charge is 0.338 e. The van der Waals surface area contributed by atoms with E-state index in [0.717, 1.165) is 37.1 Å². The molecular formula is C14H18ClN5. The summed E-state index contributed by atoms with van der Waals surface area (Å²) < 4.78 is 0. The van der Waals surface area contributed by atoms with Crippen molar-refractivity contribution in [3.63, 3.8) is 0 Å². The summed E-state index contributed by atoms with van der Waals surface area (Å²) in [5.41, 5.74) is 7.99. The minimum atomic E-state index is 0.202. The second kappa shape index (κ2) is 5.42. The molecule has 1 aliphatic heterocycles. The monoisotopic (exact) mass is 291 g/mol. The molecule has 0 radical (unpaired) electrons. The van der Waals surface area contributed by atoms with Crippen LogP contribution in [0.4, 0.5) is 5.95 Å². The van der Waals surface area contributed by atoms with E-state index in [1.165, 1.54) is 0 Å². The smallest absolute Gasteiger partial charge is 0.245 e. The van der Waals surface area contributed by atoms with Gasteiger partial charge in [0.15, 0.2) is 5.82 Å². The number of hydrogen-bond acceptors (Lipinski definition) is 4. The lowest BCUT2D eigenvalue weighted by molar-refractivity contribution is 0.500. The summed E-state index contributed by atoms with van der Waals surface area (Å²) in [6.45, 7) is 3.77. The molecule has 1 unspecified atom stereocenters. The van der Waals surface area contributed by atoms with Gasteiger partial charge in [0.25, 0.3) is 0 Å². The molecule has 1 fully saturated rings. The van der Waals surface area contributed by atoms with E-state index in [0.29, 0.717) is 16.8 Å². The van der Waals surface area contributed by atoms with Crippen LogP contribution in [-0.2, 0) is 0 Å². The van der Waals surface area contributed by atoms with E-state index in [1.807, 2.05) is 25.1 Å². The molecule has 1 aliphatic rings. The Labute approximate surface area is 123 Å². The predicted octanol–water partition coefficient (Wildman–Crippen LogP) is 2.36. The number of aryl methyl sites for hydroxylation is 1. The van der Waals surface area contributed by atoms with Crippen molar-refractivity contribution in [1.29, 1.82) is 0 Å². The molecule has 106 valence electrons. The molecule has 1 aromatic carbocycles. The zero-order chi connectivity index (χ0) is 14.1. The van der Waals surface area contributed by atoms with E-state index in [4.69, 9.17) is 17.3 Å². The van der Waals surface area contributed by atoms with Crippen molar-refractivity contribution in [3.05, 3.63) is 28.8 Å². The molecule has 0 amide bonds. The van der Waals surface area contributed by atoms with Gasteiger partial charge in [-0.2, -0.15) is 4.98 Å². The number of benzene rings is 1. The number of hydrogen-bond donors (Lipinski definition) is 2. The average Bonchev–Trinajstić information content (AvgIpc) is 2.88. The molecule has 0 saturated carbocycles. The first kappa shape index (κ1) is 13.4. The van der Waals surface area contributed by atoms with Gasteiger partial charge in [-0.3, -0.25) is 5.10 Å². The van der Waals surface area contributed by atoms with Gasteiger partial charge in [0.05, 0.1) is 5.02 Å². The zero-order valence-corrected chi connectivity index (χ0v) is 12.2. The number of aromatic amines is 1. The lowest BCUT2D eigenvalue weighted by Gasteiger charge is -2.29. The van der Waals surface area contributed by atoms with Crippen LogP contribution in [0.2, 0.25) is 5.02 Å². The Balaban J connectivity index is 1.86. The highest BCUT2D eigenvalue weighted by molar-refractivity contribution is 6.33. The fraction of sp³-hybridized carbons (Fsp3) is 0.429. The van der Waals surface area contributed by atoms with Gasteiger partial charge in [-0.1, -0.05) is 17.7 Å². The molecule has 2 heterocycles. The summed E-state index contributed by atoms with van der Waals surface area (Å²) in [4.78, 5) is 6.67. The van der Waals surface area contributed by atoms with Crippen LogP contribution in [0.15, 0.2) is 18.2 Å². The SMILES string of the molecule is Cc1ccc(-c2nc(N3CCCC(N)C3)n[nH]2)c(Cl)c1. The number of anilines is 1. The van der Waals surface area contributed by atoms with E-state index in [2.05, 4.69) is 20.1 Å². The fourth-order valence-corrected chi connectivity index (χ4v) is 2.84. The molecule has 1 saturated heterocycles. The van der Waals surface area contributed by atoms with Crippen LogP contribution in [0.1, 0.15) is 18.4 Å². The van der Waals surface area contributed by atoms with Gasteiger partial charge in [-0.25, -0.2) is 0 Å². The van der Waals surface area contributed by atoms with Gasteiger partial charge >= 0.3 is 0 Å². The van der Waals surface area contributed by atoms with Gasteiger partial charge in [0.1, 0.15) is 0 Å². The van der Waals surface area contributed by atoms with Gasteiger partial charge in [-0.05, 0) is 37.5 Å². The highest BCUT2D eigenvalue weighted by atomic mass is 35.5. The Morgan fingerprint density at radius 2 is 2.30 bits per heavy atom. The van der Waals surface area contributed by atoms with E-state index in [-0.39, 0.29) is 6.04 Å². The maximum absolute atomic E-state index is 6.26. The van der Waals surface area contributed by atoms with E-state index in [1.54, 1.807) is 0 Å². The van der Waals surface area contributed by atoms with Gasteiger partial charge in [0, 0.05) is 24.7 Å². The Morgan fingerprint density at radius 1 is 1.45 bits per heavy atom. The van der Waals surface area contributed by atoms with E-state index < -0.39 is 0 Å². The number of nitrogens with one attached hydrogen (secondary N) is 1. The van der Waals surface area contributed by atoms with E-state index in [9.17, 15) is 0 Å². The Hall–Kier alpha value is -1.59. The molecule has 1 aromatic heterocycles. The quantitative estimate of drug-likeness (QED) is 0.891. The molecule has 2 aromatic rings. The molecule has 20 heavy (non-hydrogen) atoms. The molecule has 0 aliphatic carbocycles. The molecule has 6 heteroatoms. The first-order valence-corrected chi connectivity index (χ1v) is 7.21. The van der Waals surface area contributed by atoms with Crippen molar-refractivity contribution in [2.45, 2.75) is 25.8 Å². The van der Waals surface area contributed by atoms with Crippen LogP contribution >= 0.6 is 11.6 Å². The predicted molar refractivity (Wildman–Crippen MR) is 81.0 cm³/mol. The lowest BCUT2D eigenvalue weighted by atomic mass is 10.1. The van der Waals surface area contributed by atoms with Crippen LogP contribution in [-0.4, -0.2) is 34.3 Å². The molecule has 0 bridgehead atoms. The molecule has 0 spiro atoms. The molecular weight excluding hydrogens is 274 g/mol. The minimum Gasteiger partial charge on any atom is -0.338 e. The normalized spacial score (nSPS) is 19.4. The zero-order valence-electron chi connectivity index (χ0n) is 11.4.